The number of alkyl halides is 2. The lowest BCUT2D eigenvalue weighted by atomic mass is 10.1. The van der Waals surface area contributed by atoms with E-state index >= 15 is 0 Å². The van der Waals surface area contributed by atoms with Crippen LogP contribution in [0.3, 0.4) is 0 Å². The third-order valence-electron chi connectivity index (χ3n) is 4.48. The molecule has 1 aromatic carbocycles. The summed E-state index contributed by atoms with van der Waals surface area (Å²) in [5.74, 6) is -1.38. The molecule has 1 aliphatic rings. The summed E-state index contributed by atoms with van der Waals surface area (Å²) in [5, 5.41) is 0. The number of methoxy groups -OCH3 is 1. The summed E-state index contributed by atoms with van der Waals surface area (Å²) < 4.78 is 46.1. The normalized spacial score (nSPS) is 16.1. The second-order valence-corrected chi connectivity index (χ2v) is 6.64. The fourth-order valence-electron chi connectivity index (χ4n) is 3.05. The maximum Gasteiger partial charge on any atom is 0.286 e. The van der Waals surface area contributed by atoms with Crippen molar-refractivity contribution in [2.75, 3.05) is 13.7 Å². The number of pyridine rings is 1. The van der Waals surface area contributed by atoms with Crippen LogP contribution in [0.15, 0.2) is 49.2 Å². The Labute approximate surface area is 160 Å². The number of aromatic nitrogens is 3. The molecule has 0 saturated heterocycles. The van der Waals surface area contributed by atoms with Crippen LogP contribution < -0.4 is 14.2 Å². The molecule has 146 valence electrons. The summed E-state index contributed by atoms with van der Waals surface area (Å²) in [6.45, 7) is 1.68. The van der Waals surface area contributed by atoms with Crippen LogP contribution in [0.1, 0.15) is 29.8 Å². The van der Waals surface area contributed by atoms with E-state index < -0.39 is 12.0 Å². The Kier molecular flexibility index (Phi) is 4.62. The largest absolute Gasteiger partial charge is 0.493 e. The number of imidazole rings is 1. The van der Waals surface area contributed by atoms with Gasteiger partial charge >= 0.3 is 0 Å². The van der Waals surface area contributed by atoms with Crippen molar-refractivity contribution in [1.29, 1.82) is 0 Å². The second-order valence-electron chi connectivity index (χ2n) is 6.64. The Balaban J connectivity index is 1.58. The first-order valence-corrected chi connectivity index (χ1v) is 8.74. The number of benzene rings is 1. The molecular weight excluding hydrogens is 368 g/mol. The fourth-order valence-corrected chi connectivity index (χ4v) is 3.05. The van der Waals surface area contributed by atoms with Crippen LogP contribution in [-0.2, 0) is 12.5 Å². The number of hydrogen-bond donors (Lipinski definition) is 0. The lowest BCUT2D eigenvalue weighted by Crippen LogP contribution is -2.23. The van der Waals surface area contributed by atoms with Gasteiger partial charge in [0.15, 0.2) is 17.6 Å². The standard InChI is InChI=1S/C20H19F2N3O3/c1-20(21,22)18-4-3-14(9-24-18)17-11-27-16-8-13(10-25-6-5-23-12-25)7-15(26-2)19(16)28-17/h3-9,12,17H,10-11H2,1-2H3. The molecule has 0 fully saturated rings. The molecule has 0 amide bonds. The second kappa shape index (κ2) is 7.10. The quantitative estimate of drug-likeness (QED) is 0.663. The fraction of sp³-hybridized carbons (Fsp3) is 0.300. The Bertz CT molecular complexity index is 937. The smallest absolute Gasteiger partial charge is 0.286 e. The van der Waals surface area contributed by atoms with Crippen LogP contribution in [0.25, 0.3) is 0 Å². The minimum absolute atomic E-state index is 0.244. The number of hydrogen-bond acceptors (Lipinski definition) is 5. The zero-order valence-electron chi connectivity index (χ0n) is 15.4. The SMILES string of the molecule is COc1cc(Cn2ccnc2)cc2c1OC(c1ccc(C(C)(F)F)nc1)CO2. The topological polar surface area (TPSA) is 58.4 Å². The monoisotopic (exact) mass is 387 g/mol. The van der Waals surface area contributed by atoms with E-state index in [0.29, 0.717) is 29.4 Å². The van der Waals surface area contributed by atoms with Crippen molar-refractivity contribution in [2.24, 2.45) is 0 Å². The van der Waals surface area contributed by atoms with Crippen molar-refractivity contribution in [3.63, 3.8) is 0 Å². The maximum atomic E-state index is 13.4. The molecule has 3 aromatic rings. The number of fused-ring (bicyclic) bond motifs is 1. The van der Waals surface area contributed by atoms with Gasteiger partial charge in [-0.2, -0.15) is 8.78 Å². The van der Waals surface area contributed by atoms with Gasteiger partial charge in [-0.15, -0.1) is 0 Å². The van der Waals surface area contributed by atoms with E-state index in [0.717, 1.165) is 12.5 Å². The van der Waals surface area contributed by atoms with Gasteiger partial charge in [0.25, 0.3) is 5.92 Å². The van der Waals surface area contributed by atoms with E-state index in [9.17, 15) is 8.78 Å². The molecule has 3 heterocycles. The van der Waals surface area contributed by atoms with Gasteiger partial charge < -0.3 is 18.8 Å². The summed E-state index contributed by atoms with van der Waals surface area (Å²) in [6.07, 6.45) is 6.25. The molecule has 0 bridgehead atoms. The minimum Gasteiger partial charge on any atom is -0.493 e. The molecule has 0 aliphatic carbocycles. The van der Waals surface area contributed by atoms with Crippen LogP contribution in [0.5, 0.6) is 17.2 Å². The first-order chi connectivity index (χ1) is 13.4. The first-order valence-electron chi connectivity index (χ1n) is 8.74. The lowest BCUT2D eigenvalue weighted by Gasteiger charge is -2.28. The van der Waals surface area contributed by atoms with Crippen LogP contribution >= 0.6 is 0 Å². The van der Waals surface area contributed by atoms with Gasteiger partial charge in [0.05, 0.1) is 13.4 Å². The molecule has 1 aliphatic heterocycles. The molecular formula is C20H19F2N3O3. The van der Waals surface area contributed by atoms with Crippen LogP contribution in [0.4, 0.5) is 8.78 Å². The molecule has 28 heavy (non-hydrogen) atoms. The summed E-state index contributed by atoms with van der Waals surface area (Å²) in [5.41, 5.74) is 1.35. The van der Waals surface area contributed by atoms with Gasteiger partial charge in [-0.25, -0.2) is 4.98 Å². The minimum atomic E-state index is -2.98. The zero-order chi connectivity index (χ0) is 19.7. The maximum absolute atomic E-state index is 13.4. The molecule has 0 N–H and O–H groups in total. The van der Waals surface area contributed by atoms with E-state index in [1.165, 1.54) is 12.3 Å². The summed E-state index contributed by atoms with van der Waals surface area (Å²) in [6, 6.07) is 6.66. The summed E-state index contributed by atoms with van der Waals surface area (Å²) in [7, 11) is 1.56. The average molecular weight is 387 g/mol. The highest BCUT2D eigenvalue weighted by Crippen LogP contribution is 2.44. The Hall–Kier alpha value is -3.16. The number of ether oxygens (including phenoxy) is 3. The number of halogens is 2. The third-order valence-corrected chi connectivity index (χ3v) is 4.48. The van der Waals surface area contributed by atoms with Gasteiger partial charge in [-0.3, -0.25) is 4.98 Å². The molecule has 1 unspecified atom stereocenters. The van der Waals surface area contributed by atoms with Crippen molar-refractivity contribution in [3.8, 4) is 17.2 Å². The molecule has 0 radical (unpaired) electrons. The lowest BCUT2D eigenvalue weighted by molar-refractivity contribution is 0.0126. The zero-order valence-corrected chi connectivity index (χ0v) is 15.4. The van der Waals surface area contributed by atoms with E-state index in [-0.39, 0.29) is 12.3 Å². The summed E-state index contributed by atoms with van der Waals surface area (Å²) >= 11 is 0. The van der Waals surface area contributed by atoms with E-state index in [1.807, 2.05) is 22.9 Å². The van der Waals surface area contributed by atoms with Gasteiger partial charge in [0, 0.05) is 37.6 Å². The highest BCUT2D eigenvalue weighted by molar-refractivity contribution is 5.55. The van der Waals surface area contributed by atoms with Crippen molar-refractivity contribution in [2.45, 2.75) is 25.5 Å². The highest BCUT2D eigenvalue weighted by Gasteiger charge is 2.29. The molecule has 1 atom stereocenters. The first kappa shape index (κ1) is 18.2. The van der Waals surface area contributed by atoms with Crippen molar-refractivity contribution < 1.29 is 23.0 Å². The predicted octanol–water partition coefficient (Wildman–Crippen LogP) is 3.96. The highest BCUT2D eigenvalue weighted by atomic mass is 19.3. The number of nitrogens with zero attached hydrogens (tertiary/aromatic N) is 3. The van der Waals surface area contributed by atoms with Crippen molar-refractivity contribution in [3.05, 3.63) is 66.0 Å². The molecule has 8 heteroatoms. The van der Waals surface area contributed by atoms with Gasteiger partial charge in [-0.05, 0) is 23.8 Å². The van der Waals surface area contributed by atoms with Crippen LogP contribution in [0, 0.1) is 0 Å². The summed E-state index contributed by atoms with van der Waals surface area (Å²) in [4.78, 5) is 7.89. The van der Waals surface area contributed by atoms with Gasteiger partial charge in [-0.1, -0.05) is 6.07 Å². The molecule has 0 saturated carbocycles. The van der Waals surface area contributed by atoms with E-state index in [1.54, 1.807) is 25.7 Å². The Morgan fingerprint density at radius 3 is 2.82 bits per heavy atom. The Morgan fingerprint density at radius 2 is 2.18 bits per heavy atom. The van der Waals surface area contributed by atoms with Gasteiger partial charge in [0.1, 0.15) is 12.3 Å². The predicted molar refractivity (Wildman–Crippen MR) is 97.0 cm³/mol. The molecule has 4 rings (SSSR count). The van der Waals surface area contributed by atoms with Crippen molar-refractivity contribution in [1.82, 2.24) is 14.5 Å². The molecule has 0 spiro atoms. The van der Waals surface area contributed by atoms with Crippen LogP contribution in [0.2, 0.25) is 0 Å². The number of rotatable bonds is 5. The van der Waals surface area contributed by atoms with E-state index in [4.69, 9.17) is 14.2 Å². The third kappa shape index (κ3) is 3.62. The van der Waals surface area contributed by atoms with Crippen molar-refractivity contribution >= 4 is 0 Å². The van der Waals surface area contributed by atoms with Crippen LogP contribution in [-0.4, -0.2) is 28.3 Å². The average Bonchev–Trinajstić information content (AvgIpc) is 3.19. The van der Waals surface area contributed by atoms with Gasteiger partial charge in [0.2, 0.25) is 5.75 Å². The Morgan fingerprint density at radius 1 is 1.32 bits per heavy atom. The van der Waals surface area contributed by atoms with E-state index in [2.05, 4.69) is 9.97 Å². The molecule has 2 aromatic heterocycles. The molecule has 6 nitrogen and oxygen atoms in total.